The molecule has 0 atom stereocenters. The Morgan fingerprint density at radius 1 is 1.28 bits per heavy atom. The van der Waals surface area contributed by atoms with Gasteiger partial charge >= 0.3 is 0 Å². The summed E-state index contributed by atoms with van der Waals surface area (Å²) in [6, 6.07) is 3.28. The van der Waals surface area contributed by atoms with Crippen molar-refractivity contribution < 1.29 is 13.2 Å². The van der Waals surface area contributed by atoms with Crippen molar-refractivity contribution in [3.8, 4) is 0 Å². The Hall–Kier alpha value is -1.11. The van der Waals surface area contributed by atoms with Crippen molar-refractivity contribution in [2.75, 3.05) is 26.0 Å². The summed E-state index contributed by atoms with van der Waals surface area (Å²) in [6.45, 7) is 4.61. The van der Waals surface area contributed by atoms with Crippen molar-refractivity contribution in [3.05, 3.63) is 23.3 Å². The molecule has 3 N–H and O–H groups in total. The molecule has 0 saturated heterocycles. The first-order valence-electron chi connectivity index (χ1n) is 5.74. The number of sulfonamides is 1. The molecule has 0 aliphatic rings. The molecule has 102 valence electrons. The Labute approximate surface area is 108 Å². The second-order valence-electron chi connectivity index (χ2n) is 4.22. The van der Waals surface area contributed by atoms with Crippen molar-refractivity contribution in [1.29, 1.82) is 0 Å². The molecule has 18 heavy (non-hydrogen) atoms. The number of nitrogen functional groups attached to an aromatic ring is 1. The Kier molecular flexibility index (Phi) is 5.13. The van der Waals surface area contributed by atoms with E-state index in [9.17, 15) is 8.42 Å². The van der Waals surface area contributed by atoms with Crippen LogP contribution in [0.15, 0.2) is 17.0 Å². The lowest BCUT2D eigenvalue weighted by atomic mass is 10.1. The molecule has 6 heteroatoms. The van der Waals surface area contributed by atoms with Gasteiger partial charge in [-0.1, -0.05) is 0 Å². The fourth-order valence-corrected chi connectivity index (χ4v) is 2.82. The zero-order chi connectivity index (χ0) is 13.8. The lowest BCUT2D eigenvalue weighted by molar-refractivity contribution is 0.196. The van der Waals surface area contributed by atoms with Gasteiger partial charge in [0.1, 0.15) is 4.90 Å². The van der Waals surface area contributed by atoms with Crippen LogP contribution in [-0.2, 0) is 14.8 Å². The lowest BCUT2D eigenvalue weighted by Crippen LogP contribution is -2.26. The van der Waals surface area contributed by atoms with Gasteiger partial charge in [-0.25, -0.2) is 13.1 Å². The highest BCUT2D eigenvalue weighted by molar-refractivity contribution is 7.89. The molecule has 0 amide bonds. The monoisotopic (exact) mass is 272 g/mol. The number of anilines is 1. The molecule has 0 aromatic heterocycles. The summed E-state index contributed by atoms with van der Waals surface area (Å²) in [5.74, 6) is 0. The van der Waals surface area contributed by atoms with Gasteiger partial charge < -0.3 is 10.5 Å². The van der Waals surface area contributed by atoms with E-state index in [-0.39, 0.29) is 10.6 Å². The van der Waals surface area contributed by atoms with E-state index in [1.165, 1.54) is 0 Å². The van der Waals surface area contributed by atoms with Gasteiger partial charge in [0.05, 0.1) is 5.69 Å². The molecular weight excluding hydrogens is 252 g/mol. The fraction of sp³-hybridized carbons (Fsp3) is 0.500. The SMILES string of the molecule is COCCCNS(=O)(=O)c1cc(C)c(C)cc1N. The summed E-state index contributed by atoms with van der Waals surface area (Å²) in [4.78, 5) is 0.142. The molecule has 1 aromatic rings. The summed E-state index contributed by atoms with van der Waals surface area (Å²) in [5.41, 5.74) is 7.92. The second-order valence-corrected chi connectivity index (χ2v) is 5.95. The molecule has 1 rings (SSSR count). The number of aryl methyl sites for hydroxylation is 2. The highest BCUT2D eigenvalue weighted by Gasteiger charge is 2.17. The molecule has 0 heterocycles. The molecule has 0 unspecified atom stereocenters. The molecule has 0 saturated carbocycles. The van der Waals surface area contributed by atoms with E-state index in [4.69, 9.17) is 10.5 Å². The van der Waals surface area contributed by atoms with Gasteiger partial charge in [0.25, 0.3) is 0 Å². The maximum atomic E-state index is 12.0. The van der Waals surface area contributed by atoms with Crippen LogP contribution in [-0.4, -0.2) is 28.7 Å². The standard InChI is InChI=1S/C12H20N2O3S/c1-9-7-11(13)12(8-10(9)2)18(15,16)14-5-4-6-17-3/h7-8,14H,4-6,13H2,1-3H3. The van der Waals surface area contributed by atoms with Crippen LogP contribution in [0.4, 0.5) is 5.69 Å². The zero-order valence-corrected chi connectivity index (χ0v) is 11.8. The number of hydrogen-bond donors (Lipinski definition) is 2. The van der Waals surface area contributed by atoms with Crippen LogP contribution in [0.25, 0.3) is 0 Å². The molecule has 0 aliphatic heterocycles. The third-order valence-corrected chi connectivity index (χ3v) is 4.25. The van der Waals surface area contributed by atoms with Crippen molar-refractivity contribution in [3.63, 3.8) is 0 Å². The average molecular weight is 272 g/mol. The minimum Gasteiger partial charge on any atom is -0.398 e. The third kappa shape index (κ3) is 3.69. The predicted molar refractivity (Wildman–Crippen MR) is 72.0 cm³/mol. The van der Waals surface area contributed by atoms with Crippen LogP contribution in [0.2, 0.25) is 0 Å². The fourth-order valence-electron chi connectivity index (χ4n) is 1.55. The highest BCUT2D eigenvalue weighted by Crippen LogP contribution is 2.22. The molecule has 1 aromatic carbocycles. The van der Waals surface area contributed by atoms with Crippen LogP contribution >= 0.6 is 0 Å². The normalized spacial score (nSPS) is 11.7. The minimum absolute atomic E-state index is 0.142. The number of rotatable bonds is 6. The Morgan fingerprint density at radius 2 is 1.89 bits per heavy atom. The van der Waals surface area contributed by atoms with Gasteiger partial charge in [-0.05, 0) is 43.5 Å². The smallest absolute Gasteiger partial charge is 0.242 e. The number of hydrogen-bond acceptors (Lipinski definition) is 4. The van der Waals surface area contributed by atoms with Gasteiger partial charge in [0, 0.05) is 20.3 Å². The van der Waals surface area contributed by atoms with Crippen molar-refractivity contribution in [2.45, 2.75) is 25.2 Å². The van der Waals surface area contributed by atoms with Crippen molar-refractivity contribution in [2.24, 2.45) is 0 Å². The van der Waals surface area contributed by atoms with Crippen LogP contribution < -0.4 is 10.5 Å². The van der Waals surface area contributed by atoms with Crippen LogP contribution in [0.1, 0.15) is 17.5 Å². The van der Waals surface area contributed by atoms with E-state index in [1.54, 1.807) is 19.2 Å². The third-order valence-electron chi connectivity index (χ3n) is 2.73. The maximum absolute atomic E-state index is 12.0. The van der Waals surface area contributed by atoms with E-state index in [1.807, 2.05) is 13.8 Å². The Balaban J connectivity index is 2.88. The summed E-state index contributed by atoms with van der Waals surface area (Å²) >= 11 is 0. The van der Waals surface area contributed by atoms with E-state index in [0.29, 0.717) is 19.6 Å². The molecular formula is C12H20N2O3S. The topological polar surface area (TPSA) is 81.4 Å². The first kappa shape index (κ1) is 14.9. The largest absolute Gasteiger partial charge is 0.398 e. The number of ether oxygens (including phenoxy) is 1. The highest BCUT2D eigenvalue weighted by atomic mass is 32.2. The number of nitrogens with two attached hydrogens (primary N) is 1. The summed E-state index contributed by atoms with van der Waals surface area (Å²) in [7, 11) is -1.96. The quantitative estimate of drug-likeness (QED) is 0.602. The Bertz CT molecular complexity index is 512. The van der Waals surface area contributed by atoms with E-state index in [0.717, 1.165) is 11.1 Å². The van der Waals surface area contributed by atoms with Gasteiger partial charge in [0.15, 0.2) is 0 Å². The lowest BCUT2D eigenvalue weighted by Gasteiger charge is -2.11. The molecule has 5 nitrogen and oxygen atoms in total. The predicted octanol–water partition coefficient (Wildman–Crippen LogP) is 1.20. The van der Waals surface area contributed by atoms with E-state index >= 15 is 0 Å². The van der Waals surface area contributed by atoms with Gasteiger partial charge in [0.2, 0.25) is 10.0 Å². The van der Waals surface area contributed by atoms with E-state index < -0.39 is 10.0 Å². The van der Waals surface area contributed by atoms with E-state index in [2.05, 4.69) is 4.72 Å². The van der Waals surface area contributed by atoms with Crippen LogP contribution in [0, 0.1) is 13.8 Å². The molecule has 0 radical (unpaired) electrons. The number of benzene rings is 1. The Morgan fingerprint density at radius 3 is 2.50 bits per heavy atom. The molecule has 0 spiro atoms. The number of nitrogens with one attached hydrogen (secondary N) is 1. The minimum atomic E-state index is -3.54. The first-order chi connectivity index (χ1) is 8.38. The molecule has 0 fully saturated rings. The summed E-state index contributed by atoms with van der Waals surface area (Å²) < 4.78 is 31.5. The van der Waals surface area contributed by atoms with Crippen molar-refractivity contribution >= 4 is 15.7 Å². The molecule has 0 aliphatic carbocycles. The molecule has 0 bridgehead atoms. The van der Waals surface area contributed by atoms with Crippen LogP contribution in [0.3, 0.4) is 0 Å². The van der Waals surface area contributed by atoms with Gasteiger partial charge in [-0.15, -0.1) is 0 Å². The van der Waals surface area contributed by atoms with Gasteiger partial charge in [-0.3, -0.25) is 0 Å². The second kappa shape index (κ2) is 6.17. The first-order valence-corrected chi connectivity index (χ1v) is 7.22. The van der Waals surface area contributed by atoms with Crippen LogP contribution in [0.5, 0.6) is 0 Å². The zero-order valence-electron chi connectivity index (χ0n) is 11.0. The summed E-state index contributed by atoms with van der Waals surface area (Å²) in [5, 5.41) is 0. The van der Waals surface area contributed by atoms with Crippen molar-refractivity contribution in [1.82, 2.24) is 4.72 Å². The maximum Gasteiger partial charge on any atom is 0.242 e. The van der Waals surface area contributed by atoms with Gasteiger partial charge in [-0.2, -0.15) is 0 Å². The number of methoxy groups -OCH3 is 1. The summed E-state index contributed by atoms with van der Waals surface area (Å²) in [6.07, 6.45) is 0.625. The average Bonchev–Trinajstić information content (AvgIpc) is 2.29.